The van der Waals surface area contributed by atoms with E-state index in [1.807, 2.05) is 29.2 Å². The molecule has 0 aliphatic carbocycles. The second-order valence-corrected chi connectivity index (χ2v) is 8.16. The lowest BCUT2D eigenvalue weighted by Gasteiger charge is -2.30. The van der Waals surface area contributed by atoms with Gasteiger partial charge in [0.05, 0.1) is 10.7 Å². The average Bonchev–Trinajstić information content (AvgIpc) is 3.18. The number of thiazole rings is 1. The van der Waals surface area contributed by atoms with E-state index in [2.05, 4.69) is 15.7 Å². The number of anilines is 2. The Bertz CT molecular complexity index is 1010. The molecule has 1 aliphatic heterocycles. The van der Waals surface area contributed by atoms with Crippen LogP contribution in [0.5, 0.6) is 11.5 Å². The van der Waals surface area contributed by atoms with Crippen LogP contribution in [-0.2, 0) is 4.79 Å². The van der Waals surface area contributed by atoms with Gasteiger partial charge in [-0.05, 0) is 31.0 Å². The fourth-order valence-electron chi connectivity index (χ4n) is 3.33. The van der Waals surface area contributed by atoms with Gasteiger partial charge >= 0.3 is 0 Å². The van der Waals surface area contributed by atoms with E-state index in [-0.39, 0.29) is 18.3 Å². The molecule has 1 N–H and O–H groups in total. The molecule has 3 heterocycles. The predicted molar refractivity (Wildman–Crippen MR) is 123 cm³/mol. The summed E-state index contributed by atoms with van der Waals surface area (Å²) in [6.07, 6.45) is 3.57. The first-order valence-corrected chi connectivity index (χ1v) is 10.7. The molecule has 0 atom stereocenters. The second kappa shape index (κ2) is 10.1. The first-order valence-electron chi connectivity index (χ1n) is 9.45. The molecule has 1 fully saturated rings. The third-order valence-corrected chi connectivity index (χ3v) is 6.00. The Kier molecular flexibility index (Phi) is 7.53. The zero-order valence-corrected chi connectivity index (χ0v) is 18.8. The van der Waals surface area contributed by atoms with Crippen LogP contribution >= 0.6 is 35.3 Å². The standard InChI is InChI=1S/C21H21ClN4O2S.ClH/c1-14(27)26-10-7-15(8-11-26)18-13-29-21(24-18)25-20-12-16(6-9-23-20)28-19-5-3-2-4-17(19)22;/h2-6,9,12-13,15H,7-8,10-11H2,1H3,(H,23,24,25);1H. The molecule has 0 spiro atoms. The maximum Gasteiger partial charge on any atom is 0.219 e. The summed E-state index contributed by atoms with van der Waals surface area (Å²) in [4.78, 5) is 22.5. The highest BCUT2D eigenvalue weighted by Crippen LogP contribution is 2.33. The van der Waals surface area contributed by atoms with E-state index in [1.165, 1.54) is 0 Å². The summed E-state index contributed by atoms with van der Waals surface area (Å²) in [7, 11) is 0. The van der Waals surface area contributed by atoms with Crippen molar-refractivity contribution >= 4 is 52.2 Å². The van der Waals surface area contributed by atoms with Crippen molar-refractivity contribution in [3.05, 3.63) is 58.7 Å². The molecule has 0 saturated carbocycles. The number of halogens is 2. The van der Waals surface area contributed by atoms with Crippen molar-refractivity contribution in [2.45, 2.75) is 25.7 Å². The minimum Gasteiger partial charge on any atom is -0.456 e. The molecular weight excluding hydrogens is 443 g/mol. The molecular formula is C21H22Cl2N4O2S. The number of likely N-dealkylation sites (tertiary alicyclic amines) is 1. The Morgan fingerprint density at radius 2 is 2.03 bits per heavy atom. The summed E-state index contributed by atoms with van der Waals surface area (Å²) in [6, 6.07) is 10.9. The Labute approximate surface area is 190 Å². The van der Waals surface area contributed by atoms with E-state index in [1.54, 1.807) is 36.6 Å². The van der Waals surface area contributed by atoms with Crippen LogP contribution in [-0.4, -0.2) is 33.9 Å². The van der Waals surface area contributed by atoms with E-state index in [9.17, 15) is 4.79 Å². The normalized spacial score (nSPS) is 14.1. The van der Waals surface area contributed by atoms with Gasteiger partial charge in [-0.1, -0.05) is 23.7 Å². The molecule has 0 radical (unpaired) electrons. The molecule has 2 aromatic heterocycles. The Hall–Kier alpha value is -2.35. The van der Waals surface area contributed by atoms with Crippen molar-refractivity contribution in [3.8, 4) is 11.5 Å². The van der Waals surface area contributed by atoms with E-state index in [4.69, 9.17) is 21.3 Å². The van der Waals surface area contributed by atoms with Gasteiger partial charge in [-0.2, -0.15) is 0 Å². The Morgan fingerprint density at radius 1 is 1.27 bits per heavy atom. The molecule has 9 heteroatoms. The highest BCUT2D eigenvalue weighted by Gasteiger charge is 2.23. The molecule has 158 valence electrons. The number of aromatic nitrogens is 2. The number of carbonyl (C=O) groups is 1. The van der Waals surface area contributed by atoms with Crippen molar-refractivity contribution in [2.75, 3.05) is 18.4 Å². The van der Waals surface area contributed by atoms with Gasteiger partial charge in [0.25, 0.3) is 0 Å². The summed E-state index contributed by atoms with van der Waals surface area (Å²) < 4.78 is 5.86. The van der Waals surface area contributed by atoms with Crippen LogP contribution in [0.2, 0.25) is 5.02 Å². The lowest BCUT2D eigenvalue weighted by Crippen LogP contribution is -2.36. The van der Waals surface area contributed by atoms with Gasteiger partial charge in [-0.3, -0.25) is 4.79 Å². The molecule has 4 rings (SSSR count). The molecule has 1 saturated heterocycles. The monoisotopic (exact) mass is 464 g/mol. The van der Waals surface area contributed by atoms with Gasteiger partial charge in [0.1, 0.15) is 17.3 Å². The number of rotatable bonds is 5. The Balaban J connectivity index is 0.00000256. The van der Waals surface area contributed by atoms with Gasteiger partial charge in [-0.25, -0.2) is 9.97 Å². The minimum atomic E-state index is 0. The SMILES string of the molecule is CC(=O)N1CCC(c2csc(Nc3cc(Oc4ccccc4Cl)ccn3)n2)CC1.Cl. The number of hydrogen-bond acceptors (Lipinski definition) is 6. The van der Waals surface area contributed by atoms with Crippen molar-refractivity contribution in [1.82, 2.24) is 14.9 Å². The van der Waals surface area contributed by atoms with Gasteiger partial charge < -0.3 is 15.0 Å². The van der Waals surface area contributed by atoms with E-state index >= 15 is 0 Å². The second-order valence-electron chi connectivity index (χ2n) is 6.89. The number of amides is 1. The number of hydrogen-bond donors (Lipinski definition) is 1. The lowest BCUT2D eigenvalue weighted by molar-refractivity contribution is -0.129. The molecule has 6 nitrogen and oxygen atoms in total. The van der Waals surface area contributed by atoms with Gasteiger partial charge in [0, 0.05) is 43.6 Å². The first kappa shape index (κ1) is 22.3. The molecule has 30 heavy (non-hydrogen) atoms. The number of carbonyl (C=O) groups excluding carboxylic acids is 1. The van der Waals surface area contributed by atoms with Crippen LogP contribution in [0, 0.1) is 0 Å². The van der Waals surface area contributed by atoms with Crippen molar-refractivity contribution in [3.63, 3.8) is 0 Å². The fourth-order valence-corrected chi connectivity index (χ4v) is 4.30. The number of ether oxygens (including phenoxy) is 1. The van der Waals surface area contributed by atoms with Crippen molar-refractivity contribution < 1.29 is 9.53 Å². The average molecular weight is 465 g/mol. The molecule has 0 bridgehead atoms. The summed E-state index contributed by atoms with van der Waals surface area (Å²) in [6.45, 7) is 3.22. The number of nitrogens with one attached hydrogen (secondary N) is 1. The predicted octanol–water partition coefficient (Wildman–Crippen LogP) is 5.88. The molecule has 0 unspecified atom stereocenters. The van der Waals surface area contributed by atoms with Crippen LogP contribution in [0.1, 0.15) is 31.4 Å². The van der Waals surface area contributed by atoms with Crippen LogP contribution in [0.25, 0.3) is 0 Å². The minimum absolute atomic E-state index is 0. The highest BCUT2D eigenvalue weighted by atomic mass is 35.5. The fraction of sp³-hybridized carbons (Fsp3) is 0.286. The quantitative estimate of drug-likeness (QED) is 0.510. The van der Waals surface area contributed by atoms with Crippen LogP contribution in [0.3, 0.4) is 0 Å². The summed E-state index contributed by atoms with van der Waals surface area (Å²) in [5.41, 5.74) is 1.07. The van der Waals surface area contributed by atoms with Crippen molar-refractivity contribution in [2.24, 2.45) is 0 Å². The highest BCUT2D eigenvalue weighted by molar-refractivity contribution is 7.13. The summed E-state index contributed by atoms with van der Waals surface area (Å²) in [5.74, 6) is 2.43. The number of benzene rings is 1. The number of pyridine rings is 1. The molecule has 3 aromatic rings. The Morgan fingerprint density at radius 3 is 2.77 bits per heavy atom. The summed E-state index contributed by atoms with van der Waals surface area (Å²) in [5, 5.41) is 6.68. The third kappa shape index (κ3) is 5.41. The first-order chi connectivity index (χ1) is 14.1. The molecule has 1 aromatic carbocycles. The van der Waals surface area contributed by atoms with Gasteiger partial charge in [-0.15, -0.1) is 23.7 Å². The maximum atomic E-state index is 11.5. The maximum absolute atomic E-state index is 11.5. The molecule has 1 aliphatic rings. The zero-order chi connectivity index (χ0) is 20.2. The summed E-state index contributed by atoms with van der Waals surface area (Å²) >= 11 is 7.71. The largest absolute Gasteiger partial charge is 0.456 e. The van der Waals surface area contributed by atoms with E-state index in [0.717, 1.165) is 36.8 Å². The van der Waals surface area contributed by atoms with Gasteiger partial charge in [0.2, 0.25) is 5.91 Å². The van der Waals surface area contributed by atoms with Crippen LogP contribution in [0.4, 0.5) is 10.9 Å². The van der Waals surface area contributed by atoms with Crippen LogP contribution in [0.15, 0.2) is 48.0 Å². The lowest BCUT2D eigenvalue weighted by atomic mass is 9.94. The van der Waals surface area contributed by atoms with Crippen LogP contribution < -0.4 is 10.1 Å². The van der Waals surface area contributed by atoms with Crippen molar-refractivity contribution in [1.29, 1.82) is 0 Å². The molecule has 1 amide bonds. The number of para-hydroxylation sites is 1. The smallest absolute Gasteiger partial charge is 0.219 e. The van der Waals surface area contributed by atoms with E-state index in [0.29, 0.717) is 28.3 Å². The van der Waals surface area contributed by atoms with Gasteiger partial charge in [0.15, 0.2) is 5.13 Å². The topological polar surface area (TPSA) is 67.4 Å². The zero-order valence-electron chi connectivity index (χ0n) is 16.4. The number of piperidine rings is 1. The number of nitrogens with zero attached hydrogens (tertiary/aromatic N) is 3. The van der Waals surface area contributed by atoms with E-state index < -0.39 is 0 Å². The third-order valence-electron chi connectivity index (χ3n) is 4.91.